The zero-order chi connectivity index (χ0) is 14.1. The lowest BCUT2D eigenvalue weighted by Gasteiger charge is -2.17. The van der Waals surface area contributed by atoms with Crippen LogP contribution >= 0.6 is 0 Å². The number of allylic oxidation sites excluding steroid dienone is 1. The van der Waals surface area contributed by atoms with Crippen LogP contribution in [0.4, 0.5) is 0 Å². The highest BCUT2D eigenvalue weighted by Crippen LogP contribution is 2.37. The molecule has 0 radical (unpaired) electrons. The molecule has 1 aliphatic rings. The van der Waals surface area contributed by atoms with Crippen molar-refractivity contribution in [3.8, 4) is 11.1 Å². The molecule has 0 aliphatic heterocycles. The van der Waals surface area contributed by atoms with Gasteiger partial charge in [-0.3, -0.25) is 0 Å². The van der Waals surface area contributed by atoms with Crippen LogP contribution in [0.3, 0.4) is 0 Å². The first-order chi connectivity index (χ1) is 9.70. The van der Waals surface area contributed by atoms with Crippen molar-refractivity contribution in [3.05, 3.63) is 64.7 Å². The van der Waals surface area contributed by atoms with Gasteiger partial charge >= 0.3 is 0 Å². The van der Waals surface area contributed by atoms with E-state index in [1.807, 2.05) is 0 Å². The predicted molar refractivity (Wildman–Crippen MR) is 87.9 cm³/mol. The van der Waals surface area contributed by atoms with E-state index in [4.69, 9.17) is 0 Å². The minimum absolute atomic E-state index is 0.605. The topological polar surface area (TPSA) is 0 Å². The van der Waals surface area contributed by atoms with Crippen LogP contribution in [-0.4, -0.2) is 0 Å². The van der Waals surface area contributed by atoms with Gasteiger partial charge < -0.3 is 0 Å². The van der Waals surface area contributed by atoms with Gasteiger partial charge in [0.2, 0.25) is 0 Å². The zero-order valence-corrected chi connectivity index (χ0v) is 12.6. The van der Waals surface area contributed by atoms with Gasteiger partial charge in [0.25, 0.3) is 0 Å². The molecule has 0 fully saturated rings. The summed E-state index contributed by atoms with van der Waals surface area (Å²) in [6.07, 6.45) is 4.65. The van der Waals surface area contributed by atoms with Gasteiger partial charge in [-0.05, 0) is 53.5 Å². The Kier molecular flexibility index (Phi) is 3.48. The van der Waals surface area contributed by atoms with Crippen molar-refractivity contribution in [1.29, 1.82) is 0 Å². The third-order valence-corrected chi connectivity index (χ3v) is 4.45. The van der Waals surface area contributed by atoms with Crippen molar-refractivity contribution in [2.75, 3.05) is 0 Å². The molecular formula is C20H22. The van der Waals surface area contributed by atoms with Crippen LogP contribution in [0.2, 0.25) is 0 Å². The molecule has 0 aromatic heterocycles. The van der Waals surface area contributed by atoms with Crippen LogP contribution in [0.1, 0.15) is 49.8 Å². The van der Waals surface area contributed by atoms with E-state index in [2.05, 4.69) is 69.3 Å². The first-order valence-electron chi connectivity index (χ1n) is 7.59. The Labute approximate surface area is 122 Å². The van der Waals surface area contributed by atoms with E-state index in [9.17, 15) is 0 Å². The molecule has 0 bridgehead atoms. The van der Waals surface area contributed by atoms with Crippen molar-refractivity contribution in [1.82, 2.24) is 0 Å². The number of rotatable bonds is 3. The predicted octanol–water partition coefficient (Wildman–Crippen LogP) is 5.83. The molecule has 2 aromatic carbocycles. The van der Waals surface area contributed by atoms with Crippen molar-refractivity contribution in [2.24, 2.45) is 0 Å². The van der Waals surface area contributed by atoms with E-state index in [1.54, 1.807) is 0 Å². The molecule has 1 unspecified atom stereocenters. The van der Waals surface area contributed by atoms with E-state index in [1.165, 1.54) is 39.8 Å². The highest BCUT2D eigenvalue weighted by atomic mass is 14.2. The van der Waals surface area contributed by atoms with Gasteiger partial charge in [-0.2, -0.15) is 0 Å². The second kappa shape index (κ2) is 5.28. The van der Waals surface area contributed by atoms with Crippen molar-refractivity contribution in [2.45, 2.75) is 39.5 Å². The Morgan fingerprint density at radius 3 is 2.55 bits per heavy atom. The summed E-state index contributed by atoms with van der Waals surface area (Å²) >= 11 is 0. The summed E-state index contributed by atoms with van der Waals surface area (Å²) in [5.74, 6) is 0.605. The minimum atomic E-state index is 0.605. The van der Waals surface area contributed by atoms with Crippen LogP contribution < -0.4 is 0 Å². The summed E-state index contributed by atoms with van der Waals surface area (Å²) in [5.41, 5.74) is 8.65. The monoisotopic (exact) mass is 262 g/mol. The van der Waals surface area contributed by atoms with Crippen LogP contribution in [0, 0.1) is 0 Å². The van der Waals surface area contributed by atoms with Crippen LogP contribution in [0.15, 0.2) is 48.0 Å². The Bertz CT molecular complexity index is 661. The fourth-order valence-corrected chi connectivity index (χ4v) is 3.16. The van der Waals surface area contributed by atoms with Gasteiger partial charge in [0.05, 0.1) is 0 Å². The summed E-state index contributed by atoms with van der Waals surface area (Å²) in [6.45, 7) is 6.81. The van der Waals surface area contributed by atoms with E-state index in [-0.39, 0.29) is 0 Å². The van der Waals surface area contributed by atoms with Crippen LogP contribution in [-0.2, 0) is 6.42 Å². The van der Waals surface area contributed by atoms with Gasteiger partial charge in [0.1, 0.15) is 0 Å². The third-order valence-electron chi connectivity index (χ3n) is 4.45. The normalized spacial score (nSPS) is 14.8. The quantitative estimate of drug-likeness (QED) is 0.653. The third kappa shape index (κ3) is 2.20. The Morgan fingerprint density at radius 1 is 1.00 bits per heavy atom. The lowest BCUT2D eigenvalue weighted by Crippen LogP contribution is -1.96. The molecule has 20 heavy (non-hydrogen) atoms. The molecule has 0 spiro atoms. The molecule has 0 heterocycles. The van der Waals surface area contributed by atoms with Gasteiger partial charge in [0.15, 0.2) is 0 Å². The van der Waals surface area contributed by atoms with Gasteiger partial charge in [-0.1, -0.05) is 68.0 Å². The van der Waals surface area contributed by atoms with E-state index < -0.39 is 0 Å². The summed E-state index contributed by atoms with van der Waals surface area (Å²) in [5, 5.41) is 0. The maximum absolute atomic E-state index is 2.36. The van der Waals surface area contributed by atoms with Crippen molar-refractivity contribution in [3.63, 3.8) is 0 Å². The smallest absolute Gasteiger partial charge is 0.00604 e. The number of benzene rings is 2. The lowest BCUT2D eigenvalue weighted by atomic mass is 9.87. The fraction of sp³-hybridized carbons (Fsp3) is 0.300. The number of hydrogen-bond acceptors (Lipinski definition) is 0. The van der Waals surface area contributed by atoms with Gasteiger partial charge in [-0.15, -0.1) is 0 Å². The lowest BCUT2D eigenvalue weighted by molar-refractivity contribution is 0.735. The van der Waals surface area contributed by atoms with E-state index in [0.29, 0.717) is 5.92 Å². The molecule has 0 nitrogen and oxygen atoms in total. The van der Waals surface area contributed by atoms with Crippen molar-refractivity contribution >= 4 is 6.08 Å². The SMILES string of the molecule is CCC(C)c1ccccc1-c1cccc2c1C=C(C)C2. The van der Waals surface area contributed by atoms with Crippen LogP contribution in [0.5, 0.6) is 0 Å². The standard InChI is InChI=1S/C20H22/c1-4-15(3)17-9-5-6-10-18(17)19-11-7-8-16-12-14(2)13-20(16)19/h5-11,13,15H,4,12H2,1-3H3. The molecule has 0 amide bonds. The molecule has 0 heteroatoms. The first-order valence-corrected chi connectivity index (χ1v) is 7.59. The molecule has 1 aliphatic carbocycles. The molecule has 3 rings (SSSR count). The van der Waals surface area contributed by atoms with Crippen LogP contribution in [0.25, 0.3) is 17.2 Å². The second-order valence-corrected chi connectivity index (χ2v) is 5.94. The molecular weight excluding hydrogens is 240 g/mol. The summed E-state index contributed by atoms with van der Waals surface area (Å²) in [4.78, 5) is 0. The second-order valence-electron chi connectivity index (χ2n) is 5.94. The number of hydrogen-bond donors (Lipinski definition) is 0. The summed E-state index contributed by atoms with van der Waals surface area (Å²) in [7, 11) is 0. The minimum Gasteiger partial charge on any atom is -0.0683 e. The van der Waals surface area contributed by atoms with Crippen molar-refractivity contribution < 1.29 is 0 Å². The molecule has 0 saturated carbocycles. The first kappa shape index (κ1) is 13.2. The summed E-state index contributed by atoms with van der Waals surface area (Å²) in [6, 6.07) is 15.6. The Balaban J connectivity index is 2.19. The molecule has 1 atom stereocenters. The summed E-state index contributed by atoms with van der Waals surface area (Å²) < 4.78 is 0. The largest absolute Gasteiger partial charge is 0.0683 e. The maximum Gasteiger partial charge on any atom is -0.00604 e. The highest BCUT2D eigenvalue weighted by Gasteiger charge is 2.17. The Morgan fingerprint density at radius 2 is 1.75 bits per heavy atom. The fourth-order valence-electron chi connectivity index (χ4n) is 3.16. The van der Waals surface area contributed by atoms with E-state index >= 15 is 0 Å². The molecule has 2 aromatic rings. The Hall–Kier alpha value is -1.82. The van der Waals surface area contributed by atoms with Gasteiger partial charge in [0, 0.05) is 0 Å². The average Bonchev–Trinajstić information content (AvgIpc) is 2.86. The molecule has 0 saturated heterocycles. The maximum atomic E-state index is 2.36. The zero-order valence-electron chi connectivity index (χ0n) is 12.6. The molecule has 102 valence electrons. The highest BCUT2D eigenvalue weighted by molar-refractivity contribution is 5.82. The van der Waals surface area contributed by atoms with E-state index in [0.717, 1.165) is 6.42 Å². The average molecular weight is 262 g/mol. The van der Waals surface area contributed by atoms with Gasteiger partial charge in [-0.25, -0.2) is 0 Å². The molecule has 0 N–H and O–H groups in total. The number of fused-ring (bicyclic) bond motifs is 1.